The normalized spacial score (nSPS) is 12.1. The summed E-state index contributed by atoms with van der Waals surface area (Å²) in [4.78, 5) is 28.2. The van der Waals surface area contributed by atoms with Gasteiger partial charge in [-0.15, -0.1) is 0 Å². The van der Waals surface area contributed by atoms with Crippen molar-refractivity contribution in [1.82, 2.24) is 10.2 Å². The highest BCUT2D eigenvalue weighted by molar-refractivity contribution is 7.92. The quantitative estimate of drug-likeness (QED) is 0.305. The van der Waals surface area contributed by atoms with Gasteiger partial charge < -0.3 is 10.2 Å². The highest BCUT2D eigenvalue weighted by atomic mass is 35.5. The number of likely N-dealkylation sites (N-methyl/N-ethyl adjacent to an activating group) is 1. The van der Waals surface area contributed by atoms with Crippen molar-refractivity contribution in [1.29, 1.82) is 0 Å². The number of halogens is 3. The topological polar surface area (TPSA) is 86.8 Å². The molecule has 0 aliphatic rings. The van der Waals surface area contributed by atoms with E-state index in [1.165, 1.54) is 24.1 Å². The number of hydrogen-bond acceptors (Lipinski definition) is 4. The Bertz CT molecular complexity index is 1440. The zero-order valence-corrected chi connectivity index (χ0v) is 25.1. The number of nitrogens with one attached hydrogen (secondary N) is 1. The third kappa shape index (κ3) is 6.87. The molecule has 1 atom stereocenters. The van der Waals surface area contributed by atoms with Crippen molar-refractivity contribution >= 4 is 62.3 Å². The zero-order valence-electron chi connectivity index (χ0n) is 22.0. The standard InChI is InChI=1S/C28H30Cl3N3O4S/c1-5-25(28(36)32-4)33(16-21-23(30)9-6-10-24(21)31)27(35)17-34(26-11-7-8-22(29)19(26)3)39(37,38)20-14-12-18(2)13-15-20/h6-15,25H,5,16-17H2,1-4H3,(H,32,36)/t25-/m0/s1. The fourth-order valence-corrected chi connectivity index (χ4v) is 6.32. The van der Waals surface area contributed by atoms with E-state index in [1.807, 2.05) is 6.92 Å². The van der Waals surface area contributed by atoms with E-state index in [0.717, 1.165) is 9.87 Å². The van der Waals surface area contributed by atoms with Crippen LogP contribution in [-0.4, -0.2) is 44.8 Å². The Morgan fingerprint density at radius 3 is 2.03 bits per heavy atom. The number of carbonyl (C=O) groups is 2. The van der Waals surface area contributed by atoms with Crippen molar-refractivity contribution in [3.63, 3.8) is 0 Å². The van der Waals surface area contributed by atoms with Crippen molar-refractivity contribution in [2.45, 2.75) is 44.7 Å². The minimum Gasteiger partial charge on any atom is -0.357 e. The second-order valence-electron chi connectivity index (χ2n) is 8.97. The lowest BCUT2D eigenvalue weighted by atomic mass is 10.1. The molecule has 39 heavy (non-hydrogen) atoms. The van der Waals surface area contributed by atoms with Crippen molar-refractivity contribution in [3.8, 4) is 0 Å². The Kier molecular flexibility index (Phi) is 10.3. The molecule has 7 nitrogen and oxygen atoms in total. The molecular formula is C28H30Cl3N3O4S. The Labute approximate surface area is 244 Å². The largest absolute Gasteiger partial charge is 0.357 e. The number of amides is 2. The van der Waals surface area contributed by atoms with Gasteiger partial charge in [0.25, 0.3) is 10.0 Å². The van der Waals surface area contributed by atoms with Crippen molar-refractivity contribution in [3.05, 3.63) is 92.4 Å². The van der Waals surface area contributed by atoms with E-state index < -0.39 is 34.4 Å². The molecule has 0 aliphatic carbocycles. The Morgan fingerprint density at radius 2 is 1.46 bits per heavy atom. The first-order chi connectivity index (χ1) is 18.4. The van der Waals surface area contributed by atoms with Crippen molar-refractivity contribution in [2.75, 3.05) is 17.9 Å². The second kappa shape index (κ2) is 13.0. The first-order valence-corrected chi connectivity index (χ1v) is 14.8. The van der Waals surface area contributed by atoms with Crippen molar-refractivity contribution in [2.24, 2.45) is 0 Å². The molecule has 3 aromatic carbocycles. The van der Waals surface area contributed by atoms with E-state index in [2.05, 4.69) is 5.32 Å². The summed E-state index contributed by atoms with van der Waals surface area (Å²) < 4.78 is 28.9. The average Bonchev–Trinajstić information content (AvgIpc) is 2.90. The van der Waals surface area contributed by atoms with Gasteiger partial charge in [0, 0.05) is 34.2 Å². The third-order valence-electron chi connectivity index (χ3n) is 6.42. The number of carbonyl (C=O) groups excluding carboxylic acids is 2. The maximum Gasteiger partial charge on any atom is 0.264 e. The van der Waals surface area contributed by atoms with Crippen LogP contribution in [0.4, 0.5) is 5.69 Å². The van der Waals surface area contributed by atoms with Gasteiger partial charge in [-0.05, 0) is 62.2 Å². The summed E-state index contributed by atoms with van der Waals surface area (Å²) in [6.07, 6.45) is 0.272. The molecule has 1 N–H and O–H groups in total. The number of aryl methyl sites for hydroxylation is 1. The Hall–Kier alpha value is -2.78. The van der Waals surface area contributed by atoms with Crippen LogP contribution < -0.4 is 9.62 Å². The summed E-state index contributed by atoms with van der Waals surface area (Å²) in [5, 5.41) is 3.57. The highest BCUT2D eigenvalue weighted by Gasteiger charge is 2.34. The monoisotopic (exact) mass is 609 g/mol. The van der Waals surface area contributed by atoms with Crippen LogP contribution >= 0.6 is 34.8 Å². The molecular weight excluding hydrogens is 581 g/mol. The molecule has 208 valence electrons. The van der Waals surface area contributed by atoms with Crippen LogP contribution in [0.3, 0.4) is 0 Å². The third-order valence-corrected chi connectivity index (χ3v) is 9.31. The lowest BCUT2D eigenvalue weighted by molar-refractivity contribution is -0.140. The predicted molar refractivity (Wildman–Crippen MR) is 157 cm³/mol. The maximum absolute atomic E-state index is 14.0. The van der Waals surface area contributed by atoms with E-state index >= 15 is 0 Å². The molecule has 0 bridgehead atoms. The van der Waals surface area contributed by atoms with E-state index in [4.69, 9.17) is 34.8 Å². The summed E-state index contributed by atoms with van der Waals surface area (Å²) in [7, 11) is -2.74. The number of nitrogens with zero attached hydrogens (tertiary/aromatic N) is 2. The number of rotatable bonds is 10. The first-order valence-electron chi connectivity index (χ1n) is 12.2. The molecule has 0 aliphatic heterocycles. The van der Waals surface area contributed by atoms with Crippen LogP contribution in [0.25, 0.3) is 0 Å². The summed E-state index contributed by atoms with van der Waals surface area (Å²) in [5.41, 5.74) is 2.07. The van der Waals surface area contributed by atoms with Gasteiger partial charge in [0.1, 0.15) is 12.6 Å². The summed E-state index contributed by atoms with van der Waals surface area (Å²) in [5.74, 6) is -1.02. The minimum absolute atomic E-state index is 0.0133. The molecule has 0 fully saturated rings. The molecule has 0 unspecified atom stereocenters. The number of sulfonamides is 1. The molecule has 0 spiro atoms. The molecule has 3 rings (SSSR count). The lowest BCUT2D eigenvalue weighted by Gasteiger charge is -2.33. The van der Waals surface area contributed by atoms with Crippen LogP contribution in [0.2, 0.25) is 15.1 Å². The van der Waals surface area contributed by atoms with E-state index in [9.17, 15) is 18.0 Å². The fourth-order valence-electron chi connectivity index (χ4n) is 4.16. The van der Waals surface area contributed by atoms with Gasteiger partial charge >= 0.3 is 0 Å². The predicted octanol–water partition coefficient (Wildman–Crippen LogP) is 6.01. The lowest BCUT2D eigenvalue weighted by Crippen LogP contribution is -2.52. The molecule has 0 aromatic heterocycles. The van der Waals surface area contributed by atoms with Gasteiger partial charge in [-0.2, -0.15) is 0 Å². The molecule has 3 aromatic rings. The second-order valence-corrected chi connectivity index (χ2v) is 12.1. The smallest absolute Gasteiger partial charge is 0.264 e. The number of anilines is 1. The number of benzene rings is 3. The number of hydrogen-bond donors (Lipinski definition) is 1. The van der Waals surface area contributed by atoms with Crippen LogP contribution in [-0.2, 0) is 26.2 Å². The van der Waals surface area contributed by atoms with Crippen LogP contribution in [0.15, 0.2) is 65.6 Å². The summed E-state index contributed by atoms with van der Waals surface area (Å²) in [6, 6.07) is 15.2. The minimum atomic E-state index is -4.21. The maximum atomic E-state index is 14.0. The molecule has 0 heterocycles. The van der Waals surface area contributed by atoms with Gasteiger partial charge in [0.2, 0.25) is 11.8 Å². The fraction of sp³-hybridized carbons (Fsp3) is 0.286. The Balaban J connectivity index is 2.14. The molecule has 0 radical (unpaired) electrons. The van der Waals surface area contributed by atoms with Gasteiger partial charge in [-0.1, -0.05) is 71.6 Å². The van der Waals surface area contributed by atoms with Crippen LogP contribution in [0.1, 0.15) is 30.0 Å². The zero-order chi connectivity index (χ0) is 28.9. The molecule has 0 saturated heterocycles. The van der Waals surface area contributed by atoms with Gasteiger partial charge in [-0.25, -0.2) is 8.42 Å². The van der Waals surface area contributed by atoms with Gasteiger partial charge in [-0.3, -0.25) is 13.9 Å². The van der Waals surface area contributed by atoms with Gasteiger partial charge in [0.15, 0.2) is 0 Å². The van der Waals surface area contributed by atoms with E-state index in [0.29, 0.717) is 26.2 Å². The highest BCUT2D eigenvalue weighted by Crippen LogP contribution is 2.32. The summed E-state index contributed by atoms with van der Waals surface area (Å²) >= 11 is 19.2. The molecule has 11 heteroatoms. The van der Waals surface area contributed by atoms with Gasteiger partial charge in [0.05, 0.1) is 10.6 Å². The van der Waals surface area contributed by atoms with Crippen LogP contribution in [0.5, 0.6) is 0 Å². The first kappa shape index (κ1) is 30.8. The molecule has 2 amide bonds. The SMILES string of the molecule is CC[C@@H](C(=O)NC)N(Cc1c(Cl)cccc1Cl)C(=O)CN(c1cccc(Cl)c1C)S(=O)(=O)c1ccc(C)cc1. The summed E-state index contributed by atoms with van der Waals surface area (Å²) in [6.45, 7) is 4.60. The Morgan fingerprint density at radius 1 is 0.897 bits per heavy atom. The van der Waals surface area contributed by atoms with Crippen molar-refractivity contribution < 1.29 is 18.0 Å². The van der Waals surface area contributed by atoms with E-state index in [-0.39, 0.29) is 23.5 Å². The average molecular weight is 611 g/mol. The molecule has 0 saturated carbocycles. The van der Waals surface area contributed by atoms with Crippen LogP contribution in [0, 0.1) is 13.8 Å². The van der Waals surface area contributed by atoms with E-state index in [1.54, 1.807) is 62.4 Å².